The molecule has 2 rings (SSSR count). The highest BCUT2D eigenvalue weighted by molar-refractivity contribution is 5.73. The highest BCUT2D eigenvalue weighted by Gasteiger charge is 2.36. The van der Waals surface area contributed by atoms with Crippen LogP contribution in [0, 0.1) is 5.92 Å². The molecule has 1 aliphatic heterocycles. The summed E-state index contributed by atoms with van der Waals surface area (Å²) in [6, 6.07) is 0. The van der Waals surface area contributed by atoms with E-state index in [0.717, 1.165) is 12.8 Å². The molecular weight excluding hydrogens is 140 g/mol. The van der Waals surface area contributed by atoms with Gasteiger partial charge in [-0.15, -0.1) is 0 Å². The lowest BCUT2D eigenvalue weighted by atomic mass is 9.86. The Kier molecular flexibility index (Phi) is 1.48. The van der Waals surface area contributed by atoms with Crippen molar-refractivity contribution in [3.8, 4) is 0 Å². The number of allylic oxidation sites excluding steroid dienone is 1. The molecule has 2 heteroatoms. The van der Waals surface area contributed by atoms with Gasteiger partial charge < -0.3 is 4.74 Å². The van der Waals surface area contributed by atoms with Crippen LogP contribution in [-0.4, -0.2) is 12.1 Å². The van der Waals surface area contributed by atoms with Crippen LogP contribution in [0.4, 0.5) is 0 Å². The van der Waals surface area contributed by atoms with Crippen molar-refractivity contribution in [3.63, 3.8) is 0 Å². The van der Waals surface area contributed by atoms with Crippen molar-refractivity contribution in [2.24, 2.45) is 5.92 Å². The summed E-state index contributed by atoms with van der Waals surface area (Å²) < 4.78 is 5.16. The Balaban J connectivity index is 2.20. The molecule has 1 aliphatic carbocycles. The number of esters is 1. The van der Waals surface area contributed by atoms with Crippen LogP contribution in [0.1, 0.15) is 26.2 Å². The van der Waals surface area contributed by atoms with E-state index in [0.29, 0.717) is 12.3 Å². The molecule has 0 aromatic heterocycles. The van der Waals surface area contributed by atoms with Crippen LogP contribution in [0.15, 0.2) is 11.6 Å². The Morgan fingerprint density at radius 1 is 1.64 bits per heavy atom. The first kappa shape index (κ1) is 6.89. The van der Waals surface area contributed by atoms with Crippen LogP contribution in [0.25, 0.3) is 0 Å². The smallest absolute Gasteiger partial charge is 0.306 e. The van der Waals surface area contributed by atoms with Gasteiger partial charge in [-0.25, -0.2) is 0 Å². The largest absolute Gasteiger partial charge is 0.462 e. The van der Waals surface area contributed by atoms with E-state index >= 15 is 0 Å². The van der Waals surface area contributed by atoms with Crippen LogP contribution < -0.4 is 0 Å². The average molecular weight is 152 g/mol. The second-order valence-electron chi connectivity index (χ2n) is 3.36. The summed E-state index contributed by atoms with van der Waals surface area (Å²) >= 11 is 0. The maximum atomic E-state index is 10.9. The minimum Gasteiger partial charge on any atom is -0.462 e. The third-order valence-electron chi connectivity index (χ3n) is 2.62. The molecule has 1 fully saturated rings. The third-order valence-corrected chi connectivity index (χ3v) is 2.62. The molecule has 0 aromatic carbocycles. The van der Waals surface area contributed by atoms with Gasteiger partial charge in [0.25, 0.3) is 0 Å². The molecule has 0 N–H and O–H groups in total. The van der Waals surface area contributed by atoms with Gasteiger partial charge >= 0.3 is 5.97 Å². The number of hydrogen-bond donors (Lipinski definition) is 0. The van der Waals surface area contributed by atoms with E-state index in [1.54, 1.807) is 0 Å². The second-order valence-corrected chi connectivity index (χ2v) is 3.36. The summed E-state index contributed by atoms with van der Waals surface area (Å²) in [6.07, 6.45) is 5.12. The van der Waals surface area contributed by atoms with Gasteiger partial charge in [0.15, 0.2) is 0 Å². The first-order chi connectivity index (χ1) is 5.27. The molecule has 0 aromatic rings. The molecule has 60 valence electrons. The first-order valence-electron chi connectivity index (χ1n) is 4.13. The van der Waals surface area contributed by atoms with Gasteiger partial charge in [-0.3, -0.25) is 4.79 Å². The zero-order chi connectivity index (χ0) is 7.84. The number of hydrogen-bond acceptors (Lipinski definition) is 2. The molecule has 1 heterocycles. The molecule has 0 saturated carbocycles. The van der Waals surface area contributed by atoms with Crippen LogP contribution in [0.2, 0.25) is 0 Å². The predicted molar refractivity (Wildman–Crippen MR) is 41.0 cm³/mol. The molecule has 0 amide bonds. The van der Waals surface area contributed by atoms with E-state index in [1.165, 1.54) is 5.57 Å². The van der Waals surface area contributed by atoms with Crippen LogP contribution in [0.5, 0.6) is 0 Å². The van der Waals surface area contributed by atoms with Gasteiger partial charge in [-0.05, 0) is 19.8 Å². The monoisotopic (exact) mass is 152 g/mol. The molecule has 0 spiro atoms. The lowest BCUT2D eigenvalue weighted by Gasteiger charge is -2.21. The highest BCUT2D eigenvalue weighted by Crippen LogP contribution is 2.34. The van der Waals surface area contributed by atoms with Crippen molar-refractivity contribution in [1.82, 2.24) is 0 Å². The molecule has 2 aliphatic rings. The molecule has 1 saturated heterocycles. The van der Waals surface area contributed by atoms with Crippen molar-refractivity contribution in [1.29, 1.82) is 0 Å². The summed E-state index contributed by atoms with van der Waals surface area (Å²) in [6.45, 7) is 2.10. The number of fused-ring (bicyclic) bond motifs is 1. The second kappa shape index (κ2) is 2.36. The fraction of sp³-hybridized carbons (Fsp3) is 0.667. The number of ether oxygens (including phenoxy) is 1. The fourth-order valence-electron chi connectivity index (χ4n) is 1.95. The number of rotatable bonds is 0. The fourth-order valence-corrected chi connectivity index (χ4v) is 1.95. The average Bonchev–Trinajstić information content (AvgIpc) is 2.31. The maximum Gasteiger partial charge on any atom is 0.306 e. The Morgan fingerprint density at radius 3 is 3.18 bits per heavy atom. The Labute approximate surface area is 66.2 Å². The van der Waals surface area contributed by atoms with E-state index in [9.17, 15) is 4.79 Å². The first-order valence-corrected chi connectivity index (χ1v) is 4.13. The quantitative estimate of drug-likeness (QED) is 0.390. The minimum absolute atomic E-state index is 0.0188. The van der Waals surface area contributed by atoms with Gasteiger partial charge in [0.05, 0.1) is 6.42 Å². The van der Waals surface area contributed by atoms with Crippen molar-refractivity contribution in [2.45, 2.75) is 32.3 Å². The molecule has 0 bridgehead atoms. The Morgan fingerprint density at radius 2 is 2.45 bits per heavy atom. The lowest BCUT2D eigenvalue weighted by Crippen LogP contribution is -2.19. The third kappa shape index (κ3) is 1.06. The summed E-state index contributed by atoms with van der Waals surface area (Å²) in [5.41, 5.74) is 1.34. The summed E-state index contributed by atoms with van der Waals surface area (Å²) in [5, 5.41) is 0. The maximum absolute atomic E-state index is 10.9. The molecule has 0 radical (unpaired) electrons. The molecule has 2 atom stereocenters. The molecule has 11 heavy (non-hydrogen) atoms. The van der Waals surface area contributed by atoms with E-state index in [2.05, 4.69) is 13.0 Å². The topological polar surface area (TPSA) is 26.3 Å². The van der Waals surface area contributed by atoms with Gasteiger partial charge in [-0.1, -0.05) is 11.6 Å². The summed E-state index contributed by atoms with van der Waals surface area (Å²) in [5.74, 6) is 0.380. The molecule has 2 nitrogen and oxygen atoms in total. The highest BCUT2D eigenvalue weighted by atomic mass is 16.5. The van der Waals surface area contributed by atoms with E-state index in [1.807, 2.05) is 0 Å². The number of carbonyl (C=O) groups excluding carboxylic acids is 1. The number of carbonyl (C=O) groups is 1. The van der Waals surface area contributed by atoms with Gasteiger partial charge in [0, 0.05) is 5.92 Å². The van der Waals surface area contributed by atoms with Gasteiger partial charge in [0.1, 0.15) is 6.10 Å². The Bertz CT molecular complexity index is 218. The Hall–Kier alpha value is -0.790. The van der Waals surface area contributed by atoms with Crippen LogP contribution >= 0.6 is 0 Å². The zero-order valence-corrected chi connectivity index (χ0v) is 6.67. The van der Waals surface area contributed by atoms with E-state index in [-0.39, 0.29) is 12.1 Å². The normalized spacial score (nSPS) is 36.1. The lowest BCUT2D eigenvalue weighted by molar-refractivity contribution is -0.141. The SMILES string of the molecule is CC1=CCC[C@H]2OC(=O)C[C@@H]12. The van der Waals surface area contributed by atoms with Gasteiger partial charge in [0.2, 0.25) is 0 Å². The molecule has 0 unspecified atom stereocenters. The standard InChI is InChI=1S/C9H12O2/c1-6-3-2-4-8-7(6)5-9(10)11-8/h3,7-8H,2,4-5H2,1H3/t7-,8+/m0/s1. The van der Waals surface area contributed by atoms with Crippen LogP contribution in [0.3, 0.4) is 0 Å². The van der Waals surface area contributed by atoms with Gasteiger partial charge in [-0.2, -0.15) is 0 Å². The molecular formula is C9H12O2. The van der Waals surface area contributed by atoms with Crippen molar-refractivity contribution in [3.05, 3.63) is 11.6 Å². The summed E-state index contributed by atoms with van der Waals surface area (Å²) in [4.78, 5) is 10.9. The zero-order valence-electron chi connectivity index (χ0n) is 6.67. The summed E-state index contributed by atoms with van der Waals surface area (Å²) in [7, 11) is 0. The van der Waals surface area contributed by atoms with Crippen molar-refractivity contribution in [2.75, 3.05) is 0 Å². The van der Waals surface area contributed by atoms with E-state index < -0.39 is 0 Å². The van der Waals surface area contributed by atoms with Crippen LogP contribution in [-0.2, 0) is 9.53 Å². The minimum atomic E-state index is -0.0188. The van der Waals surface area contributed by atoms with E-state index in [4.69, 9.17) is 4.74 Å². The van der Waals surface area contributed by atoms with Crippen molar-refractivity contribution >= 4 is 5.97 Å². The predicted octanol–water partition coefficient (Wildman–Crippen LogP) is 1.66. The van der Waals surface area contributed by atoms with Crippen molar-refractivity contribution < 1.29 is 9.53 Å².